The fourth-order valence-corrected chi connectivity index (χ4v) is 1.73. The minimum absolute atomic E-state index is 0.115. The summed E-state index contributed by atoms with van der Waals surface area (Å²) in [7, 11) is 0. The first kappa shape index (κ1) is 12.2. The van der Waals surface area contributed by atoms with Gasteiger partial charge in [-0.2, -0.15) is 0 Å². The predicted molar refractivity (Wildman–Crippen MR) is 63.8 cm³/mol. The van der Waals surface area contributed by atoms with Gasteiger partial charge in [-0.1, -0.05) is 13.8 Å². The highest BCUT2D eigenvalue weighted by molar-refractivity contribution is 9.10. The number of nitrogens with zero attached hydrogens (tertiary/aromatic N) is 1. The van der Waals surface area contributed by atoms with Crippen LogP contribution in [0.2, 0.25) is 0 Å². The maximum absolute atomic E-state index is 11.8. The van der Waals surface area contributed by atoms with Gasteiger partial charge in [0.15, 0.2) is 0 Å². The number of nitrogens with one attached hydrogen (secondary N) is 1. The van der Waals surface area contributed by atoms with E-state index in [1.54, 1.807) is 12.3 Å². The maximum atomic E-state index is 11.8. The van der Waals surface area contributed by atoms with Crippen molar-refractivity contribution in [3.05, 3.63) is 28.5 Å². The van der Waals surface area contributed by atoms with Crippen molar-refractivity contribution in [3.8, 4) is 0 Å². The number of carbonyl (C=O) groups excluding carboxylic acids is 1. The smallest absolute Gasteiger partial charge is 0.271 e. The molecule has 0 aliphatic heterocycles. The molecule has 3 nitrogen and oxygen atoms in total. The fourth-order valence-electron chi connectivity index (χ4n) is 1.30. The summed E-state index contributed by atoms with van der Waals surface area (Å²) in [5.41, 5.74) is 0.449. The summed E-state index contributed by atoms with van der Waals surface area (Å²) < 4.78 is 0.730. The Balaban J connectivity index is 2.73. The van der Waals surface area contributed by atoms with E-state index in [0.717, 1.165) is 17.3 Å². The molecule has 1 rings (SSSR count). The maximum Gasteiger partial charge on any atom is 0.271 e. The Morgan fingerprint density at radius 3 is 2.73 bits per heavy atom. The predicted octanol–water partition coefficient (Wildman–Crippen LogP) is 2.76. The van der Waals surface area contributed by atoms with Gasteiger partial charge in [-0.3, -0.25) is 4.79 Å². The van der Waals surface area contributed by atoms with Gasteiger partial charge in [0.05, 0.1) is 0 Å². The average Bonchev–Trinajstić information content (AvgIpc) is 2.26. The quantitative estimate of drug-likeness (QED) is 0.914. The van der Waals surface area contributed by atoms with Crippen molar-refractivity contribution in [1.29, 1.82) is 0 Å². The third-order valence-corrected chi connectivity index (χ3v) is 2.93. The van der Waals surface area contributed by atoms with E-state index < -0.39 is 0 Å². The normalized spacial score (nSPS) is 10.4. The van der Waals surface area contributed by atoms with Crippen LogP contribution in [0.1, 0.15) is 37.2 Å². The average molecular weight is 271 g/mol. The minimum Gasteiger partial charge on any atom is -0.348 e. The summed E-state index contributed by atoms with van der Waals surface area (Å²) >= 11 is 3.31. The Kier molecular flexibility index (Phi) is 4.75. The van der Waals surface area contributed by atoms with Crippen LogP contribution < -0.4 is 5.32 Å². The van der Waals surface area contributed by atoms with Crippen LogP contribution in [0.4, 0.5) is 0 Å². The highest BCUT2D eigenvalue weighted by Crippen LogP contribution is 2.13. The summed E-state index contributed by atoms with van der Waals surface area (Å²) in [5, 5.41) is 2.94. The monoisotopic (exact) mass is 270 g/mol. The lowest BCUT2D eigenvalue weighted by Crippen LogP contribution is -2.34. The zero-order valence-corrected chi connectivity index (χ0v) is 10.5. The first-order valence-electron chi connectivity index (χ1n) is 5.10. The van der Waals surface area contributed by atoms with Gasteiger partial charge in [0, 0.05) is 16.7 Å². The molecule has 1 heterocycles. The lowest BCUT2D eigenvalue weighted by Gasteiger charge is -2.14. The Morgan fingerprint density at radius 1 is 1.53 bits per heavy atom. The van der Waals surface area contributed by atoms with Crippen LogP contribution in [0.15, 0.2) is 22.8 Å². The molecule has 0 saturated carbocycles. The van der Waals surface area contributed by atoms with E-state index in [9.17, 15) is 4.79 Å². The SMILES string of the molecule is CCC(CC)NC(=O)c1ncccc1Br. The molecule has 1 aromatic rings. The number of amides is 1. The van der Waals surface area contributed by atoms with Gasteiger partial charge >= 0.3 is 0 Å². The minimum atomic E-state index is -0.115. The van der Waals surface area contributed by atoms with Crippen LogP contribution in [0.3, 0.4) is 0 Å². The molecule has 0 aliphatic rings. The molecule has 4 heteroatoms. The molecule has 0 spiro atoms. The van der Waals surface area contributed by atoms with Crippen LogP contribution in [-0.4, -0.2) is 16.9 Å². The van der Waals surface area contributed by atoms with Gasteiger partial charge in [-0.15, -0.1) is 0 Å². The first-order valence-corrected chi connectivity index (χ1v) is 5.89. The van der Waals surface area contributed by atoms with Crippen LogP contribution in [0.5, 0.6) is 0 Å². The van der Waals surface area contributed by atoms with E-state index in [-0.39, 0.29) is 11.9 Å². The van der Waals surface area contributed by atoms with Crippen LogP contribution in [-0.2, 0) is 0 Å². The second-order valence-corrected chi connectivity index (χ2v) is 4.18. The summed E-state index contributed by atoms with van der Waals surface area (Å²) in [4.78, 5) is 15.8. The van der Waals surface area contributed by atoms with Gasteiger partial charge in [-0.05, 0) is 40.9 Å². The van der Waals surface area contributed by atoms with E-state index in [1.807, 2.05) is 6.07 Å². The lowest BCUT2D eigenvalue weighted by molar-refractivity contribution is 0.0929. The molecule has 0 saturated heterocycles. The molecule has 0 unspecified atom stereocenters. The number of hydrogen-bond acceptors (Lipinski definition) is 2. The molecular weight excluding hydrogens is 256 g/mol. The van der Waals surface area contributed by atoms with E-state index in [2.05, 4.69) is 40.1 Å². The molecule has 0 atom stereocenters. The topological polar surface area (TPSA) is 42.0 Å². The summed E-state index contributed by atoms with van der Waals surface area (Å²) in [6.07, 6.45) is 3.49. The molecule has 1 amide bonds. The molecule has 15 heavy (non-hydrogen) atoms. The largest absolute Gasteiger partial charge is 0.348 e. The van der Waals surface area contributed by atoms with Crippen molar-refractivity contribution in [2.24, 2.45) is 0 Å². The molecule has 0 radical (unpaired) electrons. The summed E-state index contributed by atoms with van der Waals surface area (Å²) in [5.74, 6) is -0.115. The zero-order valence-electron chi connectivity index (χ0n) is 8.96. The van der Waals surface area contributed by atoms with Crippen LogP contribution in [0, 0.1) is 0 Å². The second-order valence-electron chi connectivity index (χ2n) is 3.32. The van der Waals surface area contributed by atoms with Crippen molar-refractivity contribution >= 4 is 21.8 Å². The number of rotatable bonds is 4. The summed E-state index contributed by atoms with van der Waals surface area (Å²) in [6, 6.07) is 3.83. The Hall–Kier alpha value is -0.900. The molecule has 0 bridgehead atoms. The van der Waals surface area contributed by atoms with Crippen LogP contribution in [0.25, 0.3) is 0 Å². The zero-order chi connectivity index (χ0) is 11.3. The molecule has 82 valence electrons. The van der Waals surface area contributed by atoms with E-state index >= 15 is 0 Å². The van der Waals surface area contributed by atoms with Crippen LogP contribution >= 0.6 is 15.9 Å². The van der Waals surface area contributed by atoms with Gasteiger partial charge in [0.2, 0.25) is 0 Å². The Bertz CT molecular complexity index is 337. The molecule has 1 N–H and O–H groups in total. The number of aromatic nitrogens is 1. The molecule has 0 fully saturated rings. The number of pyridine rings is 1. The number of carbonyl (C=O) groups is 1. The fraction of sp³-hybridized carbons (Fsp3) is 0.455. The number of halogens is 1. The van der Waals surface area contributed by atoms with E-state index in [0.29, 0.717) is 5.69 Å². The molecule has 1 aromatic heterocycles. The molecule has 0 aliphatic carbocycles. The molecular formula is C11H15BrN2O. The van der Waals surface area contributed by atoms with Crippen molar-refractivity contribution in [2.75, 3.05) is 0 Å². The van der Waals surface area contributed by atoms with Crippen molar-refractivity contribution in [1.82, 2.24) is 10.3 Å². The van der Waals surface area contributed by atoms with Gasteiger partial charge in [0.1, 0.15) is 5.69 Å². The Labute approximate surface area is 98.4 Å². The Morgan fingerprint density at radius 2 is 2.20 bits per heavy atom. The van der Waals surface area contributed by atoms with E-state index in [4.69, 9.17) is 0 Å². The first-order chi connectivity index (χ1) is 7.19. The van der Waals surface area contributed by atoms with Crippen molar-refractivity contribution < 1.29 is 4.79 Å². The van der Waals surface area contributed by atoms with Gasteiger partial charge in [-0.25, -0.2) is 4.98 Å². The highest BCUT2D eigenvalue weighted by Gasteiger charge is 2.13. The third-order valence-electron chi connectivity index (χ3n) is 2.29. The van der Waals surface area contributed by atoms with E-state index in [1.165, 1.54) is 0 Å². The number of hydrogen-bond donors (Lipinski definition) is 1. The highest BCUT2D eigenvalue weighted by atomic mass is 79.9. The lowest BCUT2D eigenvalue weighted by atomic mass is 10.1. The van der Waals surface area contributed by atoms with Gasteiger partial charge in [0.25, 0.3) is 5.91 Å². The standard InChI is InChI=1S/C11H15BrN2O/c1-3-8(4-2)14-11(15)10-9(12)6-5-7-13-10/h5-8H,3-4H2,1-2H3,(H,14,15). The third kappa shape index (κ3) is 3.30. The summed E-state index contributed by atoms with van der Waals surface area (Å²) in [6.45, 7) is 4.11. The van der Waals surface area contributed by atoms with Crippen molar-refractivity contribution in [3.63, 3.8) is 0 Å². The second kappa shape index (κ2) is 5.85. The van der Waals surface area contributed by atoms with Crippen molar-refractivity contribution in [2.45, 2.75) is 32.7 Å². The van der Waals surface area contributed by atoms with Gasteiger partial charge < -0.3 is 5.32 Å². The molecule has 0 aromatic carbocycles.